The van der Waals surface area contributed by atoms with Gasteiger partial charge in [-0.05, 0) is 61.4 Å². The highest BCUT2D eigenvalue weighted by Gasteiger charge is 2.28. The Labute approximate surface area is 220 Å². The number of halogens is 2. The minimum absolute atomic E-state index is 0.0677. The molecular formula is C29H27ClFN3O3. The highest BCUT2D eigenvalue weighted by molar-refractivity contribution is 6.30. The van der Waals surface area contributed by atoms with Crippen LogP contribution in [0.1, 0.15) is 28.8 Å². The van der Waals surface area contributed by atoms with Gasteiger partial charge in [0, 0.05) is 36.3 Å². The summed E-state index contributed by atoms with van der Waals surface area (Å²) in [6, 6.07) is 22.5. The zero-order valence-electron chi connectivity index (χ0n) is 20.4. The van der Waals surface area contributed by atoms with Gasteiger partial charge in [-0.25, -0.2) is 9.07 Å². The second kappa shape index (κ2) is 11.2. The predicted octanol–water partition coefficient (Wildman–Crippen LogP) is 6.49. The summed E-state index contributed by atoms with van der Waals surface area (Å²) in [7, 11) is 1.81. The van der Waals surface area contributed by atoms with Crippen molar-refractivity contribution < 1.29 is 18.7 Å². The quantitative estimate of drug-likeness (QED) is 0.267. The van der Waals surface area contributed by atoms with Gasteiger partial charge in [-0.15, -0.1) is 0 Å². The predicted molar refractivity (Wildman–Crippen MR) is 140 cm³/mol. The topological polar surface area (TPSA) is 56.6 Å². The van der Waals surface area contributed by atoms with Gasteiger partial charge in [0.1, 0.15) is 17.3 Å². The molecule has 1 saturated heterocycles. The Morgan fingerprint density at radius 2 is 1.84 bits per heavy atom. The lowest BCUT2D eigenvalue weighted by molar-refractivity contribution is 0.0506. The number of benzene rings is 3. The number of aryl methyl sites for hydroxylation is 1. The van der Waals surface area contributed by atoms with E-state index in [1.54, 1.807) is 33.8 Å². The van der Waals surface area contributed by atoms with Crippen LogP contribution in [-0.2, 0) is 18.3 Å². The molecule has 1 fully saturated rings. The molecule has 1 aliphatic heterocycles. The molecule has 1 aromatic heterocycles. The van der Waals surface area contributed by atoms with Gasteiger partial charge in [0.2, 0.25) is 5.88 Å². The van der Waals surface area contributed by atoms with Gasteiger partial charge < -0.3 is 14.4 Å². The molecule has 0 unspecified atom stereocenters. The Morgan fingerprint density at radius 3 is 2.51 bits per heavy atom. The fourth-order valence-corrected chi connectivity index (χ4v) is 4.61. The van der Waals surface area contributed by atoms with E-state index in [1.165, 1.54) is 24.3 Å². The van der Waals surface area contributed by atoms with Crippen molar-refractivity contribution in [1.29, 1.82) is 0 Å². The van der Waals surface area contributed by atoms with Crippen LogP contribution in [0.15, 0.2) is 78.9 Å². The van der Waals surface area contributed by atoms with Crippen molar-refractivity contribution in [2.75, 3.05) is 13.2 Å². The molecule has 0 N–H and O–H groups in total. The maximum Gasteiger partial charge on any atom is 0.254 e. The highest BCUT2D eigenvalue weighted by atomic mass is 35.5. The molecule has 0 aliphatic carbocycles. The lowest BCUT2D eigenvalue weighted by Gasteiger charge is -2.26. The van der Waals surface area contributed by atoms with Crippen LogP contribution in [0.3, 0.4) is 0 Å². The van der Waals surface area contributed by atoms with Crippen LogP contribution in [0.2, 0.25) is 5.02 Å². The van der Waals surface area contributed by atoms with E-state index in [0.29, 0.717) is 35.4 Å². The normalized spacial score (nSPS) is 15.1. The van der Waals surface area contributed by atoms with E-state index < -0.39 is 0 Å². The maximum atomic E-state index is 13.7. The van der Waals surface area contributed by atoms with E-state index in [4.69, 9.17) is 26.2 Å². The van der Waals surface area contributed by atoms with E-state index in [-0.39, 0.29) is 24.4 Å². The Morgan fingerprint density at radius 1 is 1.11 bits per heavy atom. The third-order valence-corrected chi connectivity index (χ3v) is 6.59. The number of carbonyl (C=O) groups is 1. The van der Waals surface area contributed by atoms with E-state index in [2.05, 4.69) is 0 Å². The first-order chi connectivity index (χ1) is 18.0. The first kappa shape index (κ1) is 25.0. The summed E-state index contributed by atoms with van der Waals surface area (Å²) < 4.78 is 27.4. The first-order valence-electron chi connectivity index (χ1n) is 12.2. The highest BCUT2D eigenvalue weighted by Crippen LogP contribution is 2.35. The van der Waals surface area contributed by atoms with Crippen LogP contribution >= 0.6 is 11.6 Å². The summed E-state index contributed by atoms with van der Waals surface area (Å²) in [5.41, 5.74) is 2.79. The number of carbonyl (C=O) groups excluding carboxylic acids is 1. The molecule has 0 bridgehead atoms. The Hall–Kier alpha value is -3.68. The average Bonchev–Trinajstić information content (AvgIpc) is 3.54. The van der Waals surface area contributed by atoms with Crippen molar-refractivity contribution in [3.63, 3.8) is 0 Å². The van der Waals surface area contributed by atoms with E-state index in [0.717, 1.165) is 29.7 Å². The average molecular weight is 520 g/mol. The minimum atomic E-state index is -0.389. The molecule has 1 amide bonds. The fraction of sp³-hybridized carbons (Fsp3) is 0.241. The van der Waals surface area contributed by atoms with Gasteiger partial charge in [-0.3, -0.25) is 4.79 Å². The van der Waals surface area contributed by atoms with Crippen LogP contribution in [-0.4, -0.2) is 39.8 Å². The van der Waals surface area contributed by atoms with Gasteiger partial charge in [0.15, 0.2) is 0 Å². The molecule has 4 aromatic rings. The van der Waals surface area contributed by atoms with Crippen molar-refractivity contribution in [2.24, 2.45) is 7.05 Å². The van der Waals surface area contributed by atoms with Crippen molar-refractivity contribution in [1.82, 2.24) is 14.7 Å². The molecule has 6 nitrogen and oxygen atoms in total. The molecule has 190 valence electrons. The molecule has 8 heteroatoms. The number of ether oxygens (including phenoxy) is 2. The van der Waals surface area contributed by atoms with Crippen LogP contribution in [0.4, 0.5) is 4.39 Å². The standard InChI is InChI=1S/C29H27ClFN3O3/c1-33-29(37-24-15-11-22(30)12-16-24)26(27(32-33)20-6-3-2-4-7-20)19-34(18-25-8-5-17-36-25)28(35)21-9-13-23(31)14-10-21/h2-4,6-7,9-16,25H,5,8,17-19H2,1H3/t25-/m1/s1. The zero-order chi connectivity index (χ0) is 25.8. The monoisotopic (exact) mass is 519 g/mol. The Bertz CT molecular complexity index is 1350. The van der Waals surface area contributed by atoms with Crippen LogP contribution in [0, 0.1) is 5.82 Å². The number of hydrogen-bond donors (Lipinski definition) is 0. The Balaban J connectivity index is 1.55. The summed E-state index contributed by atoms with van der Waals surface area (Å²) in [4.78, 5) is 15.4. The third kappa shape index (κ3) is 5.84. The van der Waals surface area contributed by atoms with Crippen molar-refractivity contribution in [3.05, 3.63) is 101 Å². The minimum Gasteiger partial charge on any atom is -0.439 e. The molecule has 1 atom stereocenters. The summed E-state index contributed by atoms with van der Waals surface area (Å²) in [5, 5.41) is 5.38. The number of aromatic nitrogens is 2. The third-order valence-electron chi connectivity index (χ3n) is 6.34. The van der Waals surface area contributed by atoms with Gasteiger partial charge >= 0.3 is 0 Å². The summed E-state index contributed by atoms with van der Waals surface area (Å²) >= 11 is 6.06. The largest absolute Gasteiger partial charge is 0.439 e. The molecule has 1 aliphatic rings. The summed E-state index contributed by atoms with van der Waals surface area (Å²) in [5.74, 6) is 0.518. The molecule has 3 aromatic carbocycles. The first-order valence-corrected chi connectivity index (χ1v) is 12.6. The zero-order valence-corrected chi connectivity index (χ0v) is 21.2. The lowest BCUT2D eigenvalue weighted by Crippen LogP contribution is -2.37. The summed E-state index contributed by atoms with van der Waals surface area (Å²) in [6.07, 6.45) is 1.76. The van der Waals surface area contributed by atoms with Crippen molar-refractivity contribution in [2.45, 2.75) is 25.5 Å². The number of rotatable bonds is 8. The van der Waals surface area contributed by atoms with Gasteiger partial charge in [-0.1, -0.05) is 41.9 Å². The molecule has 5 rings (SSSR count). The number of hydrogen-bond acceptors (Lipinski definition) is 4. The maximum absolute atomic E-state index is 13.7. The molecule has 2 heterocycles. The molecule has 37 heavy (non-hydrogen) atoms. The van der Waals surface area contributed by atoms with Crippen LogP contribution in [0.25, 0.3) is 11.3 Å². The van der Waals surface area contributed by atoms with Gasteiger partial charge in [0.25, 0.3) is 5.91 Å². The van der Waals surface area contributed by atoms with Gasteiger partial charge in [0.05, 0.1) is 18.2 Å². The molecule has 0 saturated carbocycles. The van der Waals surface area contributed by atoms with E-state index in [1.807, 2.05) is 37.4 Å². The van der Waals surface area contributed by atoms with E-state index >= 15 is 0 Å². The van der Waals surface area contributed by atoms with Gasteiger partial charge in [-0.2, -0.15) is 5.10 Å². The van der Waals surface area contributed by atoms with E-state index in [9.17, 15) is 9.18 Å². The lowest BCUT2D eigenvalue weighted by atomic mass is 10.1. The van der Waals surface area contributed by atoms with Crippen molar-refractivity contribution >= 4 is 17.5 Å². The fourth-order valence-electron chi connectivity index (χ4n) is 4.48. The SMILES string of the molecule is Cn1nc(-c2ccccc2)c(CN(C[C@H]2CCCO2)C(=O)c2ccc(F)cc2)c1Oc1ccc(Cl)cc1. The second-order valence-corrected chi connectivity index (χ2v) is 9.44. The number of nitrogens with zero attached hydrogens (tertiary/aromatic N) is 3. The molecular weight excluding hydrogens is 493 g/mol. The van der Waals surface area contributed by atoms with Crippen LogP contribution in [0.5, 0.6) is 11.6 Å². The number of amides is 1. The van der Waals surface area contributed by atoms with Crippen LogP contribution < -0.4 is 4.74 Å². The molecule has 0 radical (unpaired) electrons. The summed E-state index contributed by atoms with van der Waals surface area (Å²) in [6.45, 7) is 1.31. The Kier molecular flexibility index (Phi) is 7.53. The smallest absolute Gasteiger partial charge is 0.254 e. The second-order valence-electron chi connectivity index (χ2n) is 9.01. The molecule has 0 spiro atoms. The van der Waals surface area contributed by atoms with Crippen molar-refractivity contribution in [3.8, 4) is 22.9 Å².